The maximum atomic E-state index is 12.3. The summed E-state index contributed by atoms with van der Waals surface area (Å²) in [5, 5.41) is 10.7. The molecule has 8 heteroatoms. The Morgan fingerprint density at radius 3 is 2.78 bits per heavy atom. The quantitative estimate of drug-likeness (QED) is 0.372. The lowest BCUT2D eigenvalue weighted by molar-refractivity contribution is -0.115. The third kappa shape index (κ3) is 5.55. The Kier molecular flexibility index (Phi) is 6.87. The SMILES string of the molecule is CN(C)CCCOc1ccc(Cc2cc(N=CC3C(=O)Nc4ccc(Cl)cc43)n[nH]2)cc1. The van der Waals surface area contributed by atoms with Gasteiger partial charge in [-0.2, -0.15) is 5.10 Å². The summed E-state index contributed by atoms with van der Waals surface area (Å²) in [4.78, 5) is 18.8. The Bertz CT molecular complexity index is 1110. The molecule has 3 aromatic rings. The number of benzene rings is 2. The smallest absolute Gasteiger partial charge is 0.237 e. The summed E-state index contributed by atoms with van der Waals surface area (Å²) in [7, 11) is 4.11. The average molecular weight is 452 g/mol. The van der Waals surface area contributed by atoms with Gasteiger partial charge in [-0.25, -0.2) is 4.99 Å². The molecule has 166 valence electrons. The van der Waals surface area contributed by atoms with Crippen LogP contribution in [0.15, 0.2) is 53.5 Å². The number of aliphatic imine (C=N–C) groups is 1. The zero-order valence-corrected chi connectivity index (χ0v) is 18.9. The van der Waals surface area contributed by atoms with Crippen molar-refractivity contribution in [1.29, 1.82) is 0 Å². The Labute approximate surface area is 192 Å². The highest BCUT2D eigenvalue weighted by Crippen LogP contribution is 2.33. The number of aromatic nitrogens is 2. The summed E-state index contributed by atoms with van der Waals surface area (Å²) in [6.45, 7) is 1.71. The molecule has 0 aliphatic carbocycles. The molecule has 4 rings (SSSR count). The van der Waals surface area contributed by atoms with Crippen LogP contribution < -0.4 is 10.1 Å². The lowest BCUT2D eigenvalue weighted by atomic mass is 10.0. The molecule has 1 amide bonds. The summed E-state index contributed by atoms with van der Waals surface area (Å²) in [6, 6.07) is 15.3. The number of anilines is 1. The van der Waals surface area contributed by atoms with Crippen molar-refractivity contribution in [1.82, 2.24) is 15.1 Å². The van der Waals surface area contributed by atoms with Crippen molar-refractivity contribution in [2.45, 2.75) is 18.8 Å². The van der Waals surface area contributed by atoms with E-state index in [9.17, 15) is 4.79 Å². The Balaban J connectivity index is 1.34. The lowest BCUT2D eigenvalue weighted by Crippen LogP contribution is -2.15. The van der Waals surface area contributed by atoms with Crippen molar-refractivity contribution in [3.63, 3.8) is 0 Å². The van der Waals surface area contributed by atoms with Gasteiger partial charge in [-0.1, -0.05) is 23.7 Å². The van der Waals surface area contributed by atoms with E-state index >= 15 is 0 Å². The Hall–Kier alpha value is -3.16. The first kappa shape index (κ1) is 22.0. The number of carbonyl (C=O) groups is 1. The van der Waals surface area contributed by atoms with Gasteiger partial charge in [-0.05, 0) is 62.0 Å². The van der Waals surface area contributed by atoms with Crippen molar-refractivity contribution >= 4 is 35.2 Å². The van der Waals surface area contributed by atoms with E-state index in [4.69, 9.17) is 16.3 Å². The van der Waals surface area contributed by atoms with Crippen molar-refractivity contribution in [3.8, 4) is 5.75 Å². The highest BCUT2D eigenvalue weighted by atomic mass is 35.5. The molecular formula is C24H26ClN5O2. The Morgan fingerprint density at radius 2 is 2.00 bits per heavy atom. The van der Waals surface area contributed by atoms with Crippen LogP contribution in [0.4, 0.5) is 11.5 Å². The molecule has 2 N–H and O–H groups in total. The van der Waals surface area contributed by atoms with Gasteiger partial charge in [0.05, 0.1) is 6.61 Å². The fourth-order valence-electron chi connectivity index (χ4n) is 3.56. The Morgan fingerprint density at radius 1 is 1.19 bits per heavy atom. The molecule has 0 bridgehead atoms. The number of ether oxygens (including phenoxy) is 1. The lowest BCUT2D eigenvalue weighted by Gasteiger charge is -2.10. The molecule has 2 heterocycles. The van der Waals surface area contributed by atoms with E-state index in [2.05, 4.69) is 51.6 Å². The van der Waals surface area contributed by atoms with Crippen LogP contribution in [0.1, 0.15) is 29.2 Å². The number of H-pyrrole nitrogens is 1. The second-order valence-corrected chi connectivity index (χ2v) is 8.49. The molecule has 0 spiro atoms. The van der Waals surface area contributed by atoms with E-state index in [1.807, 2.05) is 18.2 Å². The van der Waals surface area contributed by atoms with Crippen molar-refractivity contribution < 1.29 is 9.53 Å². The average Bonchev–Trinajstić information content (AvgIpc) is 3.33. The predicted octanol–water partition coefficient (Wildman–Crippen LogP) is 4.42. The highest BCUT2D eigenvalue weighted by Gasteiger charge is 2.29. The first-order chi connectivity index (χ1) is 15.5. The summed E-state index contributed by atoms with van der Waals surface area (Å²) < 4.78 is 5.78. The molecule has 0 fully saturated rings. The first-order valence-electron chi connectivity index (χ1n) is 10.5. The number of fused-ring (bicyclic) bond motifs is 1. The molecule has 0 radical (unpaired) electrons. The number of nitrogens with one attached hydrogen (secondary N) is 2. The van der Waals surface area contributed by atoms with Crippen LogP contribution in [-0.4, -0.2) is 54.5 Å². The number of rotatable bonds is 9. The minimum Gasteiger partial charge on any atom is -0.494 e. The third-order valence-corrected chi connectivity index (χ3v) is 5.43. The summed E-state index contributed by atoms with van der Waals surface area (Å²) >= 11 is 6.08. The van der Waals surface area contributed by atoms with Crippen LogP contribution in [0.5, 0.6) is 5.75 Å². The van der Waals surface area contributed by atoms with E-state index in [1.165, 1.54) is 0 Å². The largest absolute Gasteiger partial charge is 0.494 e. The highest BCUT2D eigenvalue weighted by molar-refractivity contribution is 6.31. The molecule has 7 nitrogen and oxygen atoms in total. The number of hydrogen-bond acceptors (Lipinski definition) is 5. The number of halogens is 1. The van der Waals surface area contributed by atoms with Crippen molar-refractivity contribution in [2.75, 3.05) is 32.6 Å². The van der Waals surface area contributed by atoms with Crippen LogP contribution in [-0.2, 0) is 11.2 Å². The minimum absolute atomic E-state index is 0.120. The molecular weight excluding hydrogens is 426 g/mol. The van der Waals surface area contributed by atoms with Crippen molar-refractivity contribution in [2.24, 2.45) is 4.99 Å². The number of hydrogen-bond donors (Lipinski definition) is 2. The fraction of sp³-hybridized carbons (Fsp3) is 0.292. The molecule has 32 heavy (non-hydrogen) atoms. The fourth-order valence-corrected chi connectivity index (χ4v) is 3.74. The minimum atomic E-state index is -0.478. The van der Waals surface area contributed by atoms with Gasteiger partial charge < -0.3 is 15.0 Å². The van der Waals surface area contributed by atoms with Gasteiger partial charge in [0.2, 0.25) is 5.91 Å². The third-order valence-electron chi connectivity index (χ3n) is 5.20. The topological polar surface area (TPSA) is 82.6 Å². The second-order valence-electron chi connectivity index (χ2n) is 8.05. The molecule has 0 saturated heterocycles. The normalized spacial score (nSPS) is 15.4. The van der Waals surface area contributed by atoms with Gasteiger partial charge in [0.15, 0.2) is 5.82 Å². The molecule has 2 aromatic carbocycles. The summed E-state index contributed by atoms with van der Waals surface area (Å²) in [5.41, 5.74) is 3.68. The molecule has 1 atom stereocenters. The number of carbonyl (C=O) groups excluding carboxylic acids is 1. The number of aromatic amines is 1. The van der Waals surface area contributed by atoms with Gasteiger partial charge in [-0.15, -0.1) is 0 Å². The molecule has 1 aliphatic heterocycles. The molecule has 0 saturated carbocycles. The van der Waals surface area contributed by atoms with Crippen LogP contribution in [0, 0.1) is 0 Å². The summed E-state index contributed by atoms with van der Waals surface area (Å²) in [6.07, 6.45) is 3.30. The zero-order chi connectivity index (χ0) is 22.5. The maximum absolute atomic E-state index is 12.3. The van der Waals surface area contributed by atoms with Gasteiger partial charge in [-0.3, -0.25) is 9.89 Å². The van der Waals surface area contributed by atoms with Crippen LogP contribution in [0.3, 0.4) is 0 Å². The van der Waals surface area contributed by atoms with Gasteiger partial charge in [0.1, 0.15) is 11.7 Å². The molecule has 1 aromatic heterocycles. The maximum Gasteiger partial charge on any atom is 0.237 e. The van der Waals surface area contributed by atoms with Crippen LogP contribution in [0.25, 0.3) is 0 Å². The first-order valence-corrected chi connectivity index (χ1v) is 10.9. The van der Waals surface area contributed by atoms with Gasteiger partial charge in [0, 0.05) is 41.7 Å². The van der Waals surface area contributed by atoms with Crippen molar-refractivity contribution in [3.05, 3.63) is 70.4 Å². The van der Waals surface area contributed by atoms with E-state index in [0.717, 1.165) is 41.2 Å². The predicted molar refractivity (Wildman–Crippen MR) is 127 cm³/mol. The van der Waals surface area contributed by atoms with E-state index < -0.39 is 5.92 Å². The zero-order valence-electron chi connectivity index (χ0n) is 18.1. The second kappa shape index (κ2) is 9.97. The number of nitrogens with zero attached hydrogens (tertiary/aromatic N) is 3. The standard InChI is InChI=1S/C24H26ClN5O2/c1-30(2)10-3-11-32-19-7-4-16(5-8-19)12-18-14-23(29-28-18)26-15-21-20-13-17(25)6-9-22(20)27-24(21)31/h4-9,13-15,21H,3,10-12H2,1-2H3,(H,27,31)(H,28,29). The van der Waals surface area contributed by atoms with Crippen LogP contribution >= 0.6 is 11.6 Å². The van der Waals surface area contributed by atoms with Gasteiger partial charge >= 0.3 is 0 Å². The molecule has 1 aliphatic rings. The van der Waals surface area contributed by atoms with E-state index in [-0.39, 0.29) is 5.91 Å². The van der Waals surface area contributed by atoms with Gasteiger partial charge in [0.25, 0.3) is 0 Å². The number of amides is 1. The van der Waals surface area contributed by atoms with E-state index in [0.29, 0.717) is 23.9 Å². The van der Waals surface area contributed by atoms with E-state index in [1.54, 1.807) is 24.4 Å². The summed E-state index contributed by atoms with van der Waals surface area (Å²) in [5.74, 6) is 0.807. The molecule has 1 unspecified atom stereocenters. The monoisotopic (exact) mass is 451 g/mol. The van der Waals surface area contributed by atoms with Crippen LogP contribution in [0.2, 0.25) is 5.02 Å².